The molecule has 0 bridgehead atoms. The number of rotatable bonds is 10. The summed E-state index contributed by atoms with van der Waals surface area (Å²) in [4.78, 5) is 2.45. The van der Waals surface area contributed by atoms with E-state index in [1.54, 1.807) is 7.11 Å². The Morgan fingerprint density at radius 2 is 1.25 bits per heavy atom. The summed E-state index contributed by atoms with van der Waals surface area (Å²) < 4.78 is 11.6. The largest absolute Gasteiger partial charge is 0.467 e. The standard InChI is InChI=1S/C36H40N2O2/c1-24(2)28-15-10-16-29(25(3)4)36(28)38(22-21-37)32-19-17-26-11-6-8-13-30(26)34(32)35-31-14-9-7-12-27(31)18-20-33(35)40-23-39-5/h6-20,24-25H,21-23,37H2,1-5H3. The zero-order valence-electron chi connectivity index (χ0n) is 24.3. The van der Waals surface area contributed by atoms with E-state index in [-0.39, 0.29) is 6.79 Å². The van der Waals surface area contributed by atoms with Crippen LogP contribution in [0.2, 0.25) is 0 Å². The van der Waals surface area contributed by atoms with Crippen LogP contribution in [-0.4, -0.2) is 27.0 Å². The van der Waals surface area contributed by atoms with Crippen LogP contribution in [0.3, 0.4) is 0 Å². The number of para-hydroxylation sites is 1. The lowest BCUT2D eigenvalue weighted by Crippen LogP contribution is -2.28. The van der Waals surface area contributed by atoms with Gasteiger partial charge < -0.3 is 20.1 Å². The second-order valence-corrected chi connectivity index (χ2v) is 10.9. The van der Waals surface area contributed by atoms with E-state index < -0.39 is 0 Å². The van der Waals surface area contributed by atoms with Gasteiger partial charge in [-0.1, -0.05) is 107 Å². The average molecular weight is 533 g/mol. The van der Waals surface area contributed by atoms with Gasteiger partial charge in [-0.25, -0.2) is 0 Å². The van der Waals surface area contributed by atoms with Gasteiger partial charge >= 0.3 is 0 Å². The summed E-state index contributed by atoms with van der Waals surface area (Å²) in [5.41, 5.74) is 13.6. The van der Waals surface area contributed by atoms with Gasteiger partial charge in [0.05, 0.1) is 0 Å². The third-order valence-electron chi connectivity index (χ3n) is 7.64. The molecule has 5 rings (SSSR count). The number of fused-ring (bicyclic) bond motifs is 2. The van der Waals surface area contributed by atoms with Gasteiger partial charge in [-0.3, -0.25) is 0 Å². The zero-order chi connectivity index (χ0) is 28.2. The third kappa shape index (κ3) is 5.17. The number of nitrogens with two attached hydrogens (primary N) is 1. The first kappa shape index (κ1) is 27.7. The van der Waals surface area contributed by atoms with Gasteiger partial charge in [0, 0.05) is 42.7 Å². The molecule has 206 valence electrons. The molecule has 4 nitrogen and oxygen atoms in total. The van der Waals surface area contributed by atoms with Gasteiger partial charge in [0.25, 0.3) is 0 Å². The van der Waals surface area contributed by atoms with Gasteiger partial charge in [0.2, 0.25) is 0 Å². The minimum absolute atomic E-state index is 0.172. The minimum Gasteiger partial charge on any atom is -0.467 e. The molecule has 0 radical (unpaired) electrons. The molecule has 0 aromatic heterocycles. The number of benzene rings is 5. The fourth-order valence-corrected chi connectivity index (χ4v) is 5.81. The second kappa shape index (κ2) is 12.1. The van der Waals surface area contributed by atoms with Gasteiger partial charge in [-0.15, -0.1) is 0 Å². The first-order valence-electron chi connectivity index (χ1n) is 14.2. The first-order valence-corrected chi connectivity index (χ1v) is 14.2. The molecule has 0 saturated carbocycles. The SMILES string of the molecule is COCOc1ccc2ccccc2c1-c1c(N(CCN)c2c(C(C)C)cccc2C(C)C)ccc2ccccc12. The zero-order valence-corrected chi connectivity index (χ0v) is 24.3. The smallest absolute Gasteiger partial charge is 0.188 e. The lowest BCUT2D eigenvalue weighted by Gasteiger charge is -2.34. The molecule has 0 heterocycles. The Kier molecular flexibility index (Phi) is 8.39. The van der Waals surface area contributed by atoms with Crippen LogP contribution >= 0.6 is 0 Å². The summed E-state index contributed by atoms with van der Waals surface area (Å²) >= 11 is 0. The van der Waals surface area contributed by atoms with E-state index in [9.17, 15) is 0 Å². The van der Waals surface area contributed by atoms with Gasteiger partial charge in [0.1, 0.15) is 5.75 Å². The van der Waals surface area contributed by atoms with Crippen LogP contribution in [0.25, 0.3) is 32.7 Å². The highest BCUT2D eigenvalue weighted by Gasteiger charge is 2.26. The Balaban J connectivity index is 1.92. The van der Waals surface area contributed by atoms with E-state index in [4.69, 9.17) is 15.2 Å². The quantitative estimate of drug-likeness (QED) is 0.182. The van der Waals surface area contributed by atoms with Gasteiger partial charge in [0.15, 0.2) is 6.79 Å². The van der Waals surface area contributed by atoms with E-state index >= 15 is 0 Å². The fourth-order valence-electron chi connectivity index (χ4n) is 5.81. The number of hydrogen-bond donors (Lipinski definition) is 1. The maximum absolute atomic E-state index is 6.36. The number of anilines is 2. The molecular formula is C36H40N2O2. The van der Waals surface area contributed by atoms with Crippen LogP contribution in [-0.2, 0) is 4.74 Å². The monoisotopic (exact) mass is 532 g/mol. The van der Waals surface area contributed by atoms with E-state index in [0.29, 0.717) is 24.9 Å². The molecule has 0 amide bonds. The molecule has 5 aromatic rings. The molecule has 0 aliphatic heterocycles. The van der Waals surface area contributed by atoms with Crippen molar-refractivity contribution in [2.75, 3.05) is 31.9 Å². The highest BCUT2D eigenvalue weighted by Crippen LogP contribution is 2.49. The number of methoxy groups -OCH3 is 1. The molecule has 5 aromatic carbocycles. The maximum Gasteiger partial charge on any atom is 0.188 e. The Morgan fingerprint density at radius 1 is 0.675 bits per heavy atom. The van der Waals surface area contributed by atoms with Gasteiger partial charge in [-0.05, 0) is 56.6 Å². The van der Waals surface area contributed by atoms with Crippen molar-refractivity contribution in [3.8, 4) is 16.9 Å². The molecule has 0 spiro atoms. The van der Waals surface area contributed by atoms with Crippen LogP contribution < -0.4 is 15.4 Å². The second-order valence-electron chi connectivity index (χ2n) is 10.9. The Bertz CT molecular complexity index is 1600. The lowest BCUT2D eigenvalue weighted by molar-refractivity contribution is 0.0516. The van der Waals surface area contributed by atoms with E-state index in [1.165, 1.54) is 27.6 Å². The summed E-state index contributed by atoms with van der Waals surface area (Å²) in [7, 11) is 1.66. The molecule has 40 heavy (non-hydrogen) atoms. The topological polar surface area (TPSA) is 47.7 Å². The van der Waals surface area contributed by atoms with Crippen molar-refractivity contribution in [3.05, 3.63) is 102 Å². The maximum atomic E-state index is 6.36. The molecule has 2 N–H and O–H groups in total. The van der Waals surface area contributed by atoms with E-state index in [1.807, 2.05) is 0 Å². The average Bonchev–Trinajstić information content (AvgIpc) is 2.97. The number of hydrogen-bond acceptors (Lipinski definition) is 4. The molecule has 0 unspecified atom stereocenters. The highest BCUT2D eigenvalue weighted by molar-refractivity contribution is 6.12. The van der Waals surface area contributed by atoms with E-state index in [2.05, 4.69) is 124 Å². The van der Waals surface area contributed by atoms with Crippen molar-refractivity contribution in [1.29, 1.82) is 0 Å². The van der Waals surface area contributed by atoms with Crippen LogP contribution in [0.5, 0.6) is 5.75 Å². The van der Waals surface area contributed by atoms with Crippen LogP contribution in [0.4, 0.5) is 11.4 Å². The highest BCUT2D eigenvalue weighted by atomic mass is 16.7. The summed E-state index contributed by atoms with van der Waals surface area (Å²) in [6, 6.07) is 32.5. The first-order chi connectivity index (χ1) is 19.5. The molecule has 0 fully saturated rings. The van der Waals surface area contributed by atoms with Gasteiger partial charge in [-0.2, -0.15) is 0 Å². The normalized spacial score (nSPS) is 11.6. The minimum atomic E-state index is 0.172. The molecule has 0 saturated heterocycles. The summed E-state index contributed by atoms with van der Waals surface area (Å²) in [5, 5.41) is 4.66. The predicted octanol–water partition coefficient (Wildman–Crippen LogP) is 8.99. The Labute approximate surface area is 238 Å². The summed E-state index contributed by atoms with van der Waals surface area (Å²) in [6.45, 7) is 10.5. The Hall–Kier alpha value is -3.86. The van der Waals surface area contributed by atoms with Crippen molar-refractivity contribution in [2.24, 2.45) is 5.73 Å². The van der Waals surface area contributed by atoms with Crippen molar-refractivity contribution in [2.45, 2.75) is 39.5 Å². The fraction of sp³-hybridized carbons (Fsp3) is 0.278. The van der Waals surface area contributed by atoms with Crippen molar-refractivity contribution >= 4 is 32.9 Å². The Morgan fingerprint density at radius 3 is 1.82 bits per heavy atom. The molecule has 0 aliphatic rings. The number of ether oxygens (including phenoxy) is 2. The lowest BCUT2D eigenvalue weighted by atomic mass is 9.88. The van der Waals surface area contributed by atoms with Crippen molar-refractivity contribution in [3.63, 3.8) is 0 Å². The third-order valence-corrected chi connectivity index (χ3v) is 7.64. The molecule has 4 heteroatoms. The number of nitrogens with zero attached hydrogens (tertiary/aromatic N) is 1. The van der Waals surface area contributed by atoms with Crippen LogP contribution in [0.1, 0.15) is 50.7 Å². The van der Waals surface area contributed by atoms with Crippen molar-refractivity contribution < 1.29 is 9.47 Å². The summed E-state index contributed by atoms with van der Waals surface area (Å²) in [5.74, 6) is 1.51. The van der Waals surface area contributed by atoms with Crippen LogP contribution in [0, 0.1) is 0 Å². The molecule has 0 atom stereocenters. The van der Waals surface area contributed by atoms with E-state index in [0.717, 1.165) is 33.3 Å². The van der Waals surface area contributed by atoms with Crippen LogP contribution in [0.15, 0.2) is 91.0 Å². The summed E-state index contributed by atoms with van der Waals surface area (Å²) in [6.07, 6.45) is 0. The molecular weight excluding hydrogens is 492 g/mol. The predicted molar refractivity (Wildman–Crippen MR) is 170 cm³/mol. The molecule has 0 aliphatic carbocycles. The van der Waals surface area contributed by atoms with Crippen molar-refractivity contribution in [1.82, 2.24) is 0 Å².